The van der Waals surface area contributed by atoms with Gasteiger partial charge in [-0.1, -0.05) is 25.1 Å². The van der Waals surface area contributed by atoms with E-state index in [2.05, 4.69) is 41.2 Å². The number of hydrazine groups is 1. The first-order valence-electron chi connectivity index (χ1n) is 14.0. The van der Waals surface area contributed by atoms with Gasteiger partial charge in [-0.05, 0) is 55.4 Å². The van der Waals surface area contributed by atoms with Gasteiger partial charge in [0.1, 0.15) is 11.6 Å². The predicted molar refractivity (Wildman–Crippen MR) is 150 cm³/mol. The summed E-state index contributed by atoms with van der Waals surface area (Å²) in [6.07, 6.45) is 5.16. The van der Waals surface area contributed by atoms with Crippen LogP contribution in [0.4, 0.5) is 4.39 Å². The lowest BCUT2D eigenvalue weighted by Crippen LogP contribution is -2.44. The molecule has 0 bridgehead atoms. The molecule has 4 rings (SSSR count). The molecule has 0 spiro atoms. The molecule has 2 heterocycles. The van der Waals surface area contributed by atoms with E-state index in [-0.39, 0.29) is 12.4 Å². The van der Waals surface area contributed by atoms with Crippen molar-refractivity contribution in [1.29, 1.82) is 0 Å². The largest absolute Gasteiger partial charge is 0.493 e. The van der Waals surface area contributed by atoms with E-state index in [1.54, 1.807) is 12.1 Å². The van der Waals surface area contributed by atoms with E-state index in [0.29, 0.717) is 66.7 Å². The van der Waals surface area contributed by atoms with Gasteiger partial charge in [-0.15, -0.1) is 5.59 Å². The molecule has 1 aromatic rings. The minimum Gasteiger partial charge on any atom is -0.493 e. The second-order valence-corrected chi connectivity index (χ2v) is 11.2. The topological polar surface area (TPSA) is 123 Å². The molecule has 39 heavy (non-hydrogen) atoms. The van der Waals surface area contributed by atoms with Crippen LogP contribution in [0.1, 0.15) is 51.5 Å². The van der Waals surface area contributed by atoms with Gasteiger partial charge >= 0.3 is 6.02 Å². The Morgan fingerprint density at radius 2 is 2.00 bits per heavy atom. The summed E-state index contributed by atoms with van der Waals surface area (Å²) in [7, 11) is 0. The van der Waals surface area contributed by atoms with Crippen molar-refractivity contribution >= 4 is 12.7 Å². The fourth-order valence-corrected chi connectivity index (χ4v) is 5.35. The Balaban J connectivity index is 1.13. The van der Waals surface area contributed by atoms with Gasteiger partial charge < -0.3 is 25.9 Å². The van der Waals surface area contributed by atoms with E-state index in [1.165, 1.54) is 12.5 Å². The minimum absolute atomic E-state index is 0.0889. The third kappa shape index (κ3) is 8.55. The van der Waals surface area contributed by atoms with Crippen molar-refractivity contribution in [3.8, 4) is 5.75 Å². The second kappa shape index (κ2) is 14.0. The Morgan fingerprint density at radius 1 is 1.21 bits per heavy atom. The van der Waals surface area contributed by atoms with Crippen LogP contribution in [0, 0.1) is 29.5 Å². The van der Waals surface area contributed by atoms with Crippen molar-refractivity contribution in [3.05, 3.63) is 41.0 Å². The van der Waals surface area contributed by atoms with Gasteiger partial charge in [0.05, 0.1) is 19.8 Å². The number of nitrogens with one attached hydrogen (secondary N) is 1. The molecule has 5 N–H and O–H groups in total. The molecule has 10 nitrogen and oxygen atoms in total. The van der Waals surface area contributed by atoms with E-state index < -0.39 is 0 Å². The van der Waals surface area contributed by atoms with Gasteiger partial charge in [-0.2, -0.15) is 0 Å². The average Bonchev–Trinajstić information content (AvgIpc) is 3.69. The van der Waals surface area contributed by atoms with Gasteiger partial charge in [0.2, 0.25) is 0 Å². The van der Waals surface area contributed by atoms with Gasteiger partial charge in [-0.25, -0.2) is 14.4 Å². The number of nitrogens with two attached hydrogens (primary N) is 2. The van der Waals surface area contributed by atoms with Gasteiger partial charge in [0, 0.05) is 62.3 Å². The van der Waals surface area contributed by atoms with Crippen molar-refractivity contribution in [2.45, 2.75) is 52.6 Å². The van der Waals surface area contributed by atoms with Crippen molar-refractivity contribution in [1.82, 2.24) is 15.5 Å². The summed E-state index contributed by atoms with van der Waals surface area (Å²) >= 11 is 0. The Kier molecular flexibility index (Phi) is 10.4. The third-order valence-corrected chi connectivity index (χ3v) is 7.76. The molecule has 2 aliphatic heterocycles. The highest BCUT2D eigenvalue weighted by atomic mass is 19.1. The normalized spacial score (nSPS) is 22.9. The SMILES string of the molecule is C=NOC(=NCC(C)C)N1CCC(C2C[C@H]2CCOc2ccc(CONN3CCC(N)=C(N)C3)c(F)c2)CC1. The lowest BCUT2D eigenvalue weighted by molar-refractivity contribution is -0.0915. The van der Waals surface area contributed by atoms with E-state index in [1.807, 2.05) is 5.01 Å². The lowest BCUT2D eigenvalue weighted by Gasteiger charge is -2.32. The monoisotopic (exact) mass is 545 g/mol. The molecule has 1 saturated heterocycles. The standard InChI is InChI=1S/C28H44FN7O3/c1-19(2)16-33-28(39-32-3)35-10-6-20(7-11-35)24-14-21(24)9-13-37-23-5-4-22(25(29)15-23)18-38-34-36-12-8-26(30)27(31)17-36/h4-5,15,19-21,24,34H,3,6-14,16-18,30-31H2,1-2H3/t21-,24?/m1/s1. The van der Waals surface area contributed by atoms with Crippen LogP contribution in [0.15, 0.2) is 39.7 Å². The molecule has 0 radical (unpaired) electrons. The van der Waals surface area contributed by atoms with Crippen LogP contribution in [0.2, 0.25) is 0 Å². The summed E-state index contributed by atoms with van der Waals surface area (Å²) in [5, 5.41) is 5.40. The number of likely N-dealkylation sites (tertiary alicyclic amines) is 1. The maximum absolute atomic E-state index is 14.6. The van der Waals surface area contributed by atoms with Crippen LogP contribution >= 0.6 is 0 Å². The second-order valence-electron chi connectivity index (χ2n) is 11.2. The van der Waals surface area contributed by atoms with Crippen molar-refractivity contribution in [2.75, 3.05) is 39.3 Å². The zero-order valence-electron chi connectivity index (χ0n) is 23.3. The van der Waals surface area contributed by atoms with Crippen molar-refractivity contribution < 1.29 is 18.8 Å². The molecule has 3 aliphatic rings. The number of hydrogen-bond donors (Lipinski definition) is 3. The zero-order valence-corrected chi connectivity index (χ0v) is 23.3. The molecule has 1 aromatic carbocycles. The van der Waals surface area contributed by atoms with Crippen LogP contribution in [0.25, 0.3) is 0 Å². The Bertz CT molecular complexity index is 1030. The molecule has 1 unspecified atom stereocenters. The first-order chi connectivity index (χ1) is 18.8. The summed E-state index contributed by atoms with van der Waals surface area (Å²) in [5.74, 6) is 2.81. The molecule has 11 heteroatoms. The number of benzene rings is 1. The number of piperidine rings is 1. The molecule has 0 amide bonds. The summed E-state index contributed by atoms with van der Waals surface area (Å²) in [5.41, 5.74) is 16.3. The van der Waals surface area contributed by atoms with Gasteiger partial charge in [0.15, 0.2) is 0 Å². The number of oxime groups is 1. The van der Waals surface area contributed by atoms with Crippen LogP contribution in [0.3, 0.4) is 0 Å². The van der Waals surface area contributed by atoms with Crippen LogP contribution in [-0.2, 0) is 16.3 Å². The van der Waals surface area contributed by atoms with Crippen LogP contribution < -0.4 is 21.8 Å². The van der Waals surface area contributed by atoms with Crippen molar-refractivity contribution in [3.63, 3.8) is 0 Å². The predicted octanol–water partition coefficient (Wildman–Crippen LogP) is 3.36. The molecule has 2 atom stereocenters. The van der Waals surface area contributed by atoms with Gasteiger partial charge in [-0.3, -0.25) is 4.84 Å². The Morgan fingerprint density at radius 3 is 2.69 bits per heavy atom. The molecular weight excluding hydrogens is 501 g/mol. The highest BCUT2D eigenvalue weighted by Gasteiger charge is 2.43. The number of ether oxygens (including phenoxy) is 1. The fraction of sp³-hybridized carbons (Fsp3) is 0.643. The maximum Gasteiger partial charge on any atom is 0.317 e. The Hall–Kier alpha value is -2.89. The molecular formula is C28H44FN7O3. The molecule has 1 aliphatic carbocycles. The number of hydrogen-bond acceptors (Lipinski definition) is 9. The molecule has 0 aromatic heterocycles. The molecule has 2 fully saturated rings. The maximum atomic E-state index is 14.6. The Labute approximate surface area is 231 Å². The number of aliphatic imine (C=N–C) groups is 1. The van der Waals surface area contributed by atoms with Crippen LogP contribution in [-0.4, -0.2) is 62.0 Å². The summed E-state index contributed by atoms with van der Waals surface area (Å²) < 4.78 is 20.5. The van der Waals surface area contributed by atoms with E-state index in [0.717, 1.165) is 50.7 Å². The van der Waals surface area contributed by atoms with E-state index in [9.17, 15) is 4.39 Å². The summed E-state index contributed by atoms with van der Waals surface area (Å²) in [6, 6.07) is 5.52. The molecule has 1 saturated carbocycles. The highest BCUT2D eigenvalue weighted by Crippen LogP contribution is 2.49. The van der Waals surface area contributed by atoms with E-state index in [4.69, 9.17) is 25.9 Å². The number of halogens is 1. The minimum atomic E-state index is -0.348. The van der Waals surface area contributed by atoms with Crippen LogP contribution in [0.5, 0.6) is 5.75 Å². The first-order valence-corrected chi connectivity index (χ1v) is 14.0. The number of amidine groups is 1. The third-order valence-electron chi connectivity index (χ3n) is 7.76. The first kappa shape index (κ1) is 29.1. The number of rotatable bonds is 12. The average molecular weight is 546 g/mol. The van der Waals surface area contributed by atoms with Gasteiger partial charge in [0.25, 0.3) is 0 Å². The number of nitrogens with zero attached hydrogens (tertiary/aromatic N) is 4. The quantitative estimate of drug-likeness (QED) is 0.208. The summed E-state index contributed by atoms with van der Waals surface area (Å²) in [6.45, 7) is 12.1. The smallest absolute Gasteiger partial charge is 0.317 e. The highest BCUT2D eigenvalue weighted by molar-refractivity contribution is 5.74. The van der Waals surface area contributed by atoms with Crippen molar-refractivity contribution in [2.24, 2.45) is 45.3 Å². The lowest BCUT2D eigenvalue weighted by atomic mass is 9.90. The molecule has 216 valence electrons. The summed E-state index contributed by atoms with van der Waals surface area (Å²) in [4.78, 5) is 17.6. The van der Waals surface area contributed by atoms with E-state index >= 15 is 0 Å². The fourth-order valence-electron chi connectivity index (χ4n) is 5.35. The zero-order chi connectivity index (χ0) is 27.8.